The van der Waals surface area contributed by atoms with Crippen molar-refractivity contribution in [2.24, 2.45) is 0 Å². The molecule has 0 saturated carbocycles. The highest BCUT2D eigenvalue weighted by Gasteiger charge is 2.25. The molecule has 1 unspecified atom stereocenters. The average molecular weight is 349 g/mol. The van der Waals surface area contributed by atoms with E-state index in [-0.39, 0.29) is 18.6 Å². The third-order valence-corrected chi connectivity index (χ3v) is 4.88. The van der Waals surface area contributed by atoms with Crippen molar-refractivity contribution in [1.82, 2.24) is 14.5 Å². The number of ether oxygens (including phenoxy) is 1. The molecule has 3 aromatic rings. The van der Waals surface area contributed by atoms with E-state index in [0.29, 0.717) is 6.54 Å². The first-order valence-electron chi connectivity index (χ1n) is 9.07. The van der Waals surface area contributed by atoms with Gasteiger partial charge in [0.15, 0.2) is 0 Å². The normalized spacial score (nSPS) is 16.9. The van der Waals surface area contributed by atoms with Crippen molar-refractivity contribution < 1.29 is 9.53 Å². The summed E-state index contributed by atoms with van der Waals surface area (Å²) in [6.07, 6.45) is 1.97. The van der Waals surface area contributed by atoms with Crippen LogP contribution in [-0.2, 0) is 22.6 Å². The second-order valence-electron chi connectivity index (χ2n) is 6.78. The Bertz CT molecular complexity index is 898. The SMILES string of the molecule is CN(Cc1ccccc1)C(=O)Cn1c(C2CCCO2)nc2ccccc21. The van der Waals surface area contributed by atoms with Gasteiger partial charge in [0.05, 0.1) is 11.0 Å². The zero-order valence-corrected chi connectivity index (χ0v) is 15.0. The van der Waals surface area contributed by atoms with Crippen molar-refractivity contribution in [3.8, 4) is 0 Å². The van der Waals surface area contributed by atoms with Crippen LogP contribution in [0.1, 0.15) is 30.3 Å². The van der Waals surface area contributed by atoms with Crippen molar-refractivity contribution >= 4 is 16.9 Å². The van der Waals surface area contributed by atoms with Gasteiger partial charge in [-0.15, -0.1) is 0 Å². The van der Waals surface area contributed by atoms with E-state index >= 15 is 0 Å². The van der Waals surface area contributed by atoms with Gasteiger partial charge in [-0.1, -0.05) is 42.5 Å². The van der Waals surface area contributed by atoms with E-state index in [0.717, 1.165) is 41.9 Å². The van der Waals surface area contributed by atoms with Gasteiger partial charge in [-0.25, -0.2) is 4.98 Å². The number of rotatable bonds is 5. The summed E-state index contributed by atoms with van der Waals surface area (Å²) >= 11 is 0. The van der Waals surface area contributed by atoms with E-state index in [2.05, 4.69) is 0 Å². The Hall–Kier alpha value is -2.66. The number of hydrogen-bond donors (Lipinski definition) is 0. The first-order chi connectivity index (χ1) is 12.7. The molecular weight excluding hydrogens is 326 g/mol. The summed E-state index contributed by atoms with van der Waals surface area (Å²) in [7, 11) is 1.85. The Kier molecular flexibility index (Phi) is 4.71. The fourth-order valence-electron chi connectivity index (χ4n) is 3.49. The van der Waals surface area contributed by atoms with Gasteiger partial charge in [0.1, 0.15) is 18.5 Å². The van der Waals surface area contributed by atoms with Crippen LogP contribution in [0.15, 0.2) is 54.6 Å². The predicted octanol–water partition coefficient (Wildman–Crippen LogP) is 3.55. The number of amides is 1. The molecule has 5 nitrogen and oxygen atoms in total. The molecule has 0 radical (unpaired) electrons. The van der Waals surface area contributed by atoms with Gasteiger partial charge in [-0.2, -0.15) is 0 Å². The Morgan fingerprint density at radius 3 is 2.73 bits per heavy atom. The lowest BCUT2D eigenvalue weighted by atomic mass is 10.2. The van der Waals surface area contributed by atoms with Crippen LogP contribution in [0, 0.1) is 0 Å². The number of hydrogen-bond acceptors (Lipinski definition) is 3. The number of imidazole rings is 1. The lowest BCUT2D eigenvalue weighted by molar-refractivity contribution is -0.131. The summed E-state index contributed by atoms with van der Waals surface area (Å²) in [5.41, 5.74) is 3.02. The summed E-state index contributed by atoms with van der Waals surface area (Å²) in [4.78, 5) is 19.4. The minimum Gasteiger partial charge on any atom is -0.370 e. The maximum absolute atomic E-state index is 12.9. The molecule has 26 heavy (non-hydrogen) atoms. The molecule has 1 amide bonds. The number of benzene rings is 2. The molecule has 0 bridgehead atoms. The lowest BCUT2D eigenvalue weighted by Gasteiger charge is -2.19. The van der Waals surface area contributed by atoms with Crippen molar-refractivity contribution in [2.45, 2.75) is 32.0 Å². The summed E-state index contributed by atoms with van der Waals surface area (Å²) in [6.45, 7) is 1.64. The number of carbonyl (C=O) groups excluding carboxylic acids is 1. The van der Waals surface area contributed by atoms with Crippen molar-refractivity contribution in [3.05, 3.63) is 66.0 Å². The molecule has 1 aromatic heterocycles. The van der Waals surface area contributed by atoms with Crippen LogP contribution in [0.25, 0.3) is 11.0 Å². The number of aromatic nitrogens is 2. The van der Waals surface area contributed by atoms with E-state index < -0.39 is 0 Å². The largest absolute Gasteiger partial charge is 0.370 e. The van der Waals surface area contributed by atoms with E-state index in [9.17, 15) is 4.79 Å². The molecule has 1 aliphatic heterocycles. The molecule has 0 aliphatic carbocycles. The molecule has 1 saturated heterocycles. The number of nitrogens with zero attached hydrogens (tertiary/aromatic N) is 3. The molecule has 2 heterocycles. The molecule has 4 rings (SSSR count). The molecule has 5 heteroatoms. The van der Waals surface area contributed by atoms with Crippen molar-refractivity contribution in [3.63, 3.8) is 0 Å². The molecule has 1 atom stereocenters. The van der Waals surface area contributed by atoms with Gasteiger partial charge in [-0.3, -0.25) is 4.79 Å². The Morgan fingerprint density at radius 2 is 1.96 bits per heavy atom. The Labute approximate surface area is 153 Å². The van der Waals surface area contributed by atoms with E-state index in [1.165, 1.54) is 0 Å². The molecule has 1 aliphatic rings. The zero-order valence-electron chi connectivity index (χ0n) is 15.0. The van der Waals surface area contributed by atoms with Gasteiger partial charge >= 0.3 is 0 Å². The van der Waals surface area contributed by atoms with Crippen LogP contribution in [0.3, 0.4) is 0 Å². The fourth-order valence-corrected chi connectivity index (χ4v) is 3.49. The summed E-state index contributed by atoms with van der Waals surface area (Å²) in [6, 6.07) is 18.0. The van der Waals surface area contributed by atoms with Gasteiger partial charge in [0, 0.05) is 20.2 Å². The van der Waals surface area contributed by atoms with E-state index in [1.807, 2.05) is 66.2 Å². The predicted molar refractivity (Wildman–Crippen MR) is 101 cm³/mol. The van der Waals surface area contributed by atoms with Crippen molar-refractivity contribution in [1.29, 1.82) is 0 Å². The van der Waals surface area contributed by atoms with Crippen LogP contribution in [0.5, 0.6) is 0 Å². The summed E-state index contributed by atoms with van der Waals surface area (Å²) < 4.78 is 7.86. The van der Waals surface area contributed by atoms with Crippen LogP contribution >= 0.6 is 0 Å². The van der Waals surface area contributed by atoms with Gasteiger partial charge < -0.3 is 14.2 Å². The van der Waals surface area contributed by atoms with E-state index in [1.54, 1.807) is 4.90 Å². The summed E-state index contributed by atoms with van der Waals surface area (Å²) in [5, 5.41) is 0. The molecule has 0 N–H and O–H groups in total. The topological polar surface area (TPSA) is 47.4 Å². The quantitative estimate of drug-likeness (QED) is 0.708. The van der Waals surface area contributed by atoms with Gasteiger partial charge in [0.25, 0.3) is 0 Å². The minimum atomic E-state index is -0.0189. The maximum atomic E-state index is 12.9. The molecular formula is C21H23N3O2. The molecule has 2 aromatic carbocycles. The Balaban J connectivity index is 1.59. The second kappa shape index (κ2) is 7.30. The zero-order chi connectivity index (χ0) is 17.9. The van der Waals surface area contributed by atoms with Crippen LogP contribution in [0.2, 0.25) is 0 Å². The smallest absolute Gasteiger partial charge is 0.242 e. The number of likely N-dealkylation sites (N-methyl/N-ethyl adjacent to an activating group) is 1. The minimum absolute atomic E-state index is 0.0189. The first kappa shape index (κ1) is 16.8. The average Bonchev–Trinajstić information content (AvgIpc) is 3.31. The molecule has 134 valence electrons. The number of carbonyl (C=O) groups is 1. The molecule has 1 fully saturated rings. The maximum Gasteiger partial charge on any atom is 0.242 e. The molecule has 0 spiro atoms. The lowest BCUT2D eigenvalue weighted by Crippen LogP contribution is -2.30. The van der Waals surface area contributed by atoms with Crippen LogP contribution < -0.4 is 0 Å². The Morgan fingerprint density at radius 1 is 1.19 bits per heavy atom. The van der Waals surface area contributed by atoms with Gasteiger partial charge in [-0.05, 0) is 30.5 Å². The standard InChI is InChI=1S/C21H23N3O2/c1-23(14-16-8-3-2-4-9-16)20(25)15-24-18-11-6-5-10-17(18)22-21(24)19-12-7-13-26-19/h2-6,8-11,19H,7,12-15H2,1H3. The fraction of sp³-hybridized carbons (Fsp3) is 0.333. The third kappa shape index (κ3) is 3.35. The van der Waals surface area contributed by atoms with Gasteiger partial charge in [0.2, 0.25) is 5.91 Å². The third-order valence-electron chi connectivity index (χ3n) is 4.88. The first-order valence-corrected chi connectivity index (χ1v) is 9.07. The number of fused-ring (bicyclic) bond motifs is 1. The van der Waals surface area contributed by atoms with Crippen LogP contribution in [0.4, 0.5) is 0 Å². The van der Waals surface area contributed by atoms with E-state index in [4.69, 9.17) is 9.72 Å². The summed E-state index contributed by atoms with van der Waals surface area (Å²) in [5.74, 6) is 0.932. The highest BCUT2D eigenvalue weighted by molar-refractivity contribution is 5.81. The monoisotopic (exact) mass is 349 g/mol. The van der Waals surface area contributed by atoms with Crippen molar-refractivity contribution in [2.75, 3.05) is 13.7 Å². The number of para-hydroxylation sites is 2. The highest BCUT2D eigenvalue weighted by atomic mass is 16.5. The highest BCUT2D eigenvalue weighted by Crippen LogP contribution is 2.30. The second-order valence-corrected chi connectivity index (χ2v) is 6.78. The van der Waals surface area contributed by atoms with Crippen LogP contribution in [-0.4, -0.2) is 34.0 Å².